The molecule has 1 aromatic rings. The number of benzene rings is 1. The lowest BCUT2D eigenvalue weighted by Gasteiger charge is -2.18. The number of rotatable bonds is 8. The first-order valence-corrected chi connectivity index (χ1v) is 7.61. The van der Waals surface area contributed by atoms with Gasteiger partial charge in [0.05, 0.1) is 6.54 Å². The number of azide groups is 1. The van der Waals surface area contributed by atoms with Crippen molar-refractivity contribution in [3.63, 3.8) is 0 Å². The minimum absolute atomic E-state index is 0.255. The molecule has 0 spiro atoms. The molecule has 1 amide bonds. The van der Waals surface area contributed by atoms with Gasteiger partial charge in [0.1, 0.15) is 6.04 Å². The highest BCUT2D eigenvalue weighted by Gasteiger charge is 2.18. The molecular formula is C15H21N7O. The molecule has 3 N–H and O–H groups in total. The topological polar surface area (TPSA) is 119 Å². The van der Waals surface area contributed by atoms with Gasteiger partial charge in [0, 0.05) is 24.5 Å². The molecule has 0 fully saturated rings. The zero-order valence-corrected chi connectivity index (χ0v) is 12.9. The van der Waals surface area contributed by atoms with E-state index in [4.69, 9.17) is 11.3 Å². The second-order valence-corrected chi connectivity index (χ2v) is 5.29. The SMILES string of the molecule is [N-]=[N+]=N[C@@H](CCCN1CCN=C1N)C(=O)NCc1ccccc1. The van der Waals surface area contributed by atoms with Crippen molar-refractivity contribution in [3.8, 4) is 0 Å². The lowest BCUT2D eigenvalue weighted by molar-refractivity contribution is -0.122. The van der Waals surface area contributed by atoms with E-state index in [9.17, 15) is 4.79 Å². The summed E-state index contributed by atoms with van der Waals surface area (Å²) in [5.41, 5.74) is 15.4. The van der Waals surface area contributed by atoms with Gasteiger partial charge in [-0.15, -0.1) is 0 Å². The monoisotopic (exact) mass is 315 g/mol. The van der Waals surface area contributed by atoms with Gasteiger partial charge < -0.3 is 16.0 Å². The number of hydrogen-bond acceptors (Lipinski definition) is 5. The van der Waals surface area contributed by atoms with Crippen LogP contribution in [0, 0.1) is 0 Å². The minimum Gasteiger partial charge on any atom is -0.370 e. The smallest absolute Gasteiger partial charge is 0.229 e. The van der Waals surface area contributed by atoms with Crippen LogP contribution in [0.25, 0.3) is 10.4 Å². The summed E-state index contributed by atoms with van der Waals surface area (Å²) >= 11 is 0. The first kappa shape index (κ1) is 16.6. The van der Waals surface area contributed by atoms with Crippen molar-refractivity contribution in [1.82, 2.24) is 10.2 Å². The molecule has 1 aromatic carbocycles. The Bertz CT molecular complexity index is 595. The van der Waals surface area contributed by atoms with Crippen LogP contribution in [-0.2, 0) is 11.3 Å². The van der Waals surface area contributed by atoms with E-state index in [0.29, 0.717) is 38.4 Å². The van der Waals surface area contributed by atoms with E-state index >= 15 is 0 Å². The van der Waals surface area contributed by atoms with Gasteiger partial charge in [0.25, 0.3) is 0 Å². The maximum atomic E-state index is 12.2. The summed E-state index contributed by atoms with van der Waals surface area (Å²) in [7, 11) is 0. The van der Waals surface area contributed by atoms with E-state index in [2.05, 4.69) is 20.3 Å². The maximum absolute atomic E-state index is 12.2. The van der Waals surface area contributed by atoms with Gasteiger partial charge in [-0.1, -0.05) is 35.4 Å². The molecule has 1 heterocycles. The van der Waals surface area contributed by atoms with Crippen LogP contribution in [0.4, 0.5) is 0 Å². The van der Waals surface area contributed by atoms with Gasteiger partial charge in [-0.25, -0.2) is 0 Å². The number of carbonyl (C=O) groups is 1. The quantitative estimate of drug-likeness (QED) is 0.428. The molecule has 122 valence electrons. The Morgan fingerprint density at radius 3 is 2.91 bits per heavy atom. The Kier molecular flexibility index (Phi) is 6.26. The predicted molar refractivity (Wildman–Crippen MR) is 88.5 cm³/mol. The highest BCUT2D eigenvalue weighted by molar-refractivity contribution is 5.82. The van der Waals surface area contributed by atoms with Crippen LogP contribution in [0.5, 0.6) is 0 Å². The highest BCUT2D eigenvalue weighted by atomic mass is 16.2. The largest absolute Gasteiger partial charge is 0.370 e. The summed E-state index contributed by atoms with van der Waals surface area (Å²) in [6.45, 7) is 2.64. The van der Waals surface area contributed by atoms with E-state index in [1.165, 1.54) is 0 Å². The summed E-state index contributed by atoms with van der Waals surface area (Å²) in [4.78, 5) is 21.0. The van der Waals surface area contributed by atoms with Crippen LogP contribution < -0.4 is 11.1 Å². The van der Waals surface area contributed by atoms with E-state index in [1.807, 2.05) is 35.2 Å². The third-order valence-corrected chi connectivity index (χ3v) is 3.68. The van der Waals surface area contributed by atoms with Crippen LogP contribution in [0.3, 0.4) is 0 Å². The fraction of sp³-hybridized carbons (Fsp3) is 0.467. The normalized spacial score (nSPS) is 14.8. The zero-order valence-electron chi connectivity index (χ0n) is 12.9. The van der Waals surface area contributed by atoms with Crippen LogP contribution in [0.15, 0.2) is 40.4 Å². The molecule has 0 aromatic heterocycles. The first-order valence-electron chi connectivity index (χ1n) is 7.61. The Morgan fingerprint density at radius 2 is 2.26 bits per heavy atom. The van der Waals surface area contributed by atoms with Gasteiger partial charge in [-0.05, 0) is 23.9 Å². The number of carbonyl (C=O) groups excluding carboxylic acids is 1. The van der Waals surface area contributed by atoms with Crippen LogP contribution in [0.2, 0.25) is 0 Å². The lowest BCUT2D eigenvalue weighted by Crippen LogP contribution is -2.36. The fourth-order valence-electron chi connectivity index (χ4n) is 2.41. The number of hydrogen-bond donors (Lipinski definition) is 2. The Balaban J connectivity index is 1.79. The second kappa shape index (κ2) is 8.65. The Hall–Kier alpha value is -2.73. The van der Waals surface area contributed by atoms with Crippen LogP contribution in [-0.4, -0.2) is 42.4 Å². The molecule has 1 atom stereocenters. The van der Waals surface area contributed by atoms with Crippen molar-refractivity contribution < 1.29 is 4.79 Å². The number of nitrogens with one attached hydrogen (secondary N) is 1. The number of nitrogens with zero attached hydrogens (tertiary/aromatic N) is 5. The fourth-order valence-corrected chi connectivity index (χ4v) is 2.41. The highest BCUT2D eigenvalue weighted by Crippen LogP contribution is 2.07. The molecule has 0 saturated heterocycles. The molecule has 8 nitrogen and oxygen atoms in total. The Labute approximate surface area is 135 Å². The average Bonchev–Trinajstić information content (AvgIpc) is 2.98. The molecule has 2 rings (SSSR count). The molecule has 0 radical (unpaired) electrons. The van der Waals surface area contributed by atoms with Gasteiger partial charge >= 0.3 is 0 Å². The van der Waals surface area contributed by atoms with Crippen molar-refractivity contribution in [2.45, 2.75) is 25.4 Å². The molecule has 8 heteroatoms. The van der Waals surface area contributed by atoms with Gasteiger partial charge in [-0.3, -0.25) is 9.79 Å². The molecule has 23 heavy (non-hydrogen) atoms. The molecule has 0 unspecified atom stereocenters. The van der Waals surface area contributed by atoms with E-state index < -0.39 is 6.04 Å². The van der Waals surface area contributed by atoms with Crippen LogP contribution >= 0.6 is 0 Å². The predicted octanol–water partition coefficient (Wildman–Crippen LogP) is 1.39. The second-order valence-electron chi connectivity index (χ2n) is 5.29. The third kappa shape index (κ3) is 5.19. The van der Waals surface area contributed by atoms with Gasteiger partial charge in [0.15, 0.2) is 5.96 Å². The molecular weight excluding hydrogens is 294 g/mol. The average molecular weight is 315 g/mol. The van der Waals surface area contributed by atoms with E-state index in [0.717, 1.165) is 12.1 Å². The molecule has 0 saturated carbocycles. The van der Waals surface area contributed by atoms with Crippen molar-refractivity contribution in [3.05, 3.63) is 46.3 Å². The Morgan fingerprint density at radius 1 is 1.48 bits per heavy atom. The van der Waals surface area contributed by atoms with Gasteiger partial charge in [-0.2, -0.15) is 0 Å². The first-order chi connectivity index (χ1) is 11.2. The number of amides is 1. The molecule has 0 aliphatic carbocycles. The number of nitrogens with two attached hydrogens (primary N) is 1. The zero-order chi connectivity index (χ0) is 16.5. The van der Waals surface area contributed by atoms with Crippen molar-refractivity contribution in [2.24, 2.45) is 15.8 Å². The molecule has 1 aliphatic heterocycles. The van der Waals surface area contributed by atoms with E-state index in [1.54, 1.807) is 0 Å². The summed E-state index contributed by atoms with van der Waals surface area (Å²) in [5.74, 6) is 0.286. The van der Waals surface area contributed by atoms with Crippen molar-refractivity contribution >= 4 is 11.9 Å². The molecule has 1 aliphatic rings. The third-order valence-electron chi connectivity index (χ3n) is 3.68. The van der Waals surface area contributed by atoms with Gasteiger partial charge in [0.2, 0.25) is 5.91 Å². The van der Waals surface area contributed by atoms with E-state index in [-0.39, 0.29) is 5.91 Å². The maximum Gasteiger partial charge on any atom is 0.229 e. The van der Waals surface area contributed by atoms with Crippen molar-refractivity contribution in [2.75, 3.05) is 19.6 Å². The number of aliphatic imine (C=N–C) groups is 1. The summed E-state index contributed by atoms with van der Waals surface area (Å²) in [6, 6.07) is 8.89. The lowest BCUT2D eigenvalue weighted by atomic mass is 10.1. The van der Waals surface area contributed by atoms with Crippen molar-refractivity contribution in [1.29, 1.82) is 0 Å². The summed E-state index contributed by atoms with van der Waals surface area (Å²) in [5, 5.41) is 6.41. The number of guanidine groups is 1. The standard InChI is InChI=1S/C15H21N7O/c16-15-18-8-10-22(15)9-4-7-13(20-21-17)14(23)19-11-12-5-2-1-3-6-12/h1-3,5-6,13H,4,7-11H2,(H2,16,18)(H,19,23)/t13-/m0/s1. The molecule has 0 bridgehead atoms. The summed E-state index contributed by atoms with van der Waals surface area (Å²) < 4.78 is 0. The van der Waals surface area contributed by atoms with Crippen LogP contribution in [0.1, 0.15) is 18.4 Å². The summed E-state index contributed by atoms with van der Waals surface area (Å²) in [6.07, 6.45) is 1.19. The minimum atomic E-state index is -0.704.